The van der Waals surface area contributed by atoms with E-state index in [2.05, 4.69) is 18.8 Å². The number of hydrogen-bond acceptors (Lipinski definition) is 0. The molecule has 0 aliphatic rings. The second kappa shape index (κ2) is 16.3. The van der Waals surface area contributed by atoms with E-state index in [1.54, 1.807) is 0 Å². The van der Waals surface area contributed by atoms with Crippen LogP contribution in [-0.4, -0.2) is 0 Å². The summed E-state index contributed by atoms with van der Waals surface area (Å²) >= 11 is 0. The van der Waals surface area contributed by atoms with Crippen LogP contribution in [0.4, 0.5) is 0 Å². The summed E-state index contributed by atoms with van der Waals surface area (Å²) in [6.07, 6.45) is 18.6. The molecule has 2 radical (unpaired) electrons. The summed E-state index contributed by atoms with van der Waals surface area (Å²) < 4.78 is 0. The first-order chi connectivity index (χ1) is 8.91. The molecule has 0 spiro atoms. The Labute approximate surface area is 115 Å². The minimum Gasteiger partial charge on any atom is -0.0985 e. The van der Waals surface area contributed by atoms with E-state index in [1.807, 2.05) is 0 Å². The predicted octanol–water partition coefficient (Wildman–Crippen LogP) is 5.88. The van der Waals surface area contributed by atoms with Gasteiger partial charge in [-0.05, 0) is 12.5 Å². The van der Waals surface area contributed by atoms with E-state index in [0.717, 1.165) is 12.8 Å². The summed E-state index contributed by atoms with van der Waals surface area (Å²) in [5, 5.41) is 0. The van der Waals surface area contributed by atoms with Crippen LogP contribution < -0.4 is 0 Å². The fraction of sp³-hybridized carbons (Fsp3) is 0.722. The third-order valence-corrected chi connectivity index (χ3v) is 3.24. The summed E-state index contributed by atoms with van der Waals surface area (Å²) in [6, 6.07) is 0. The van der Waals surface area contributed by atoms with Gasteiger partial charge in [0.2, 0.25) is 0 Å². The second-order valence-corrected chi connectivity index (χ2v) is 4.98. The van der Waals surface area contributed by atoms with Gasteiger partial charge in [0, 0.05) is 6.42 Å². The lowest BCUT2D eigenvalue weighted by Crippen LogP contribution is -1.82. The minimum absolute atomic E-state index is 1.000. The maximum atomic E-state index is 5.17. The highest BCUT2D eigenvalue weighted by atomic mass is 14.0. The summed E-state index contributed by atoms with van der Waals surface area (Å²) in [4.78, 5) is 0. The monoisotopic (exact) mass is 246 g/mol. The third kappa shape index (κ3) is 15.3. The lowest BCUT2D eigenvalue weighted by molar-refractivity contribution is 0.548. The molecular formula is C18H30. The summed E-state index contributed by atoms with van der Waals surface area (Å²) in [5.74, 6) is 5.82. The van der Waals surface area contributed by atoms with Crippen molar-refractivity contribution in [3.63, 3.8) is 0 Å². The Morgan fingerprint density at radius 3 is 1.61 bits per heavy atom. The maximum absolute atomic E-state index is 5.17. The van der Waals surface area contributed by atoms with Crippen molar-refractivity contribution in [3.8, 4) is 11.8 Å². The number of hydrogen-bond donors (Lipinski definition) is 0. The Kier molecular flexibility index (Phi) is 15.7. The average molecular weight is 246 g/mol. The molecule has 0 heterocycles. The van der Waals surface area contributed by atoms with Gasteiger partial charge < -0.3 is 0 Å². The van der Waals surface area contributed by atoms with Crippen molar-refractivity contribution in [1.82, 2.24) is 0 Å². The minimum atomic E-state index is 1.000. The molecule has 0 aromatic rings. The van der Waals surface area contributed by atoms with E-state index in [9.17, 15) is 0 Å². The molecule has 0 fully saturated rings. The van der Waals surface area contributed by atoms with Gasteiger partial charge in [-0.1, -0.05) is 96.0 Å². The first-order valence-electron chi connectivity index (χ1n) is 7.73. The average Bonchev–Trinajstić information content (AvgIpc) is 2.39. The fourth-order valence-corrected chi connectivity index (χ4v) is 2.11. The molecule has 0 aliphatic carbocycles. The van der Waals surface area contributed by atoms with Crippen LogP contribution in [0, 0.1) is 25.3 Å². The molecule has 102 valence electrons. The normalized spacial score (nSPS) is 9.83. The summed E-state index contributed by atoms with van der Waals surface area (Å²) in [6.45, 7) is 9.04. The van der Waals surface area contributed by atoms with Crippen LogP contribution in [0.25, 0.3) is 0 Å². The molecule has 0 saturated heterocycles. The van der Waals surface area contributed by atoms with Crippen molar-refractivity contribution < 1.29 is 0 Å². The van der Waals surface area contributed by atoms with Crippen molar-refractivity contribution in [2.75, 3.05) is 0 Å². The largest absolute Gasteiger partial charge is 0.0985 e. The van der Waals surface area contributed by atoms with E-state index < -0.39 is 0 Å². The van der Waals surface area contributed by atoms with Gasteiger partial charge in [-0.15, -0.1) is 0 Å². The zero-order chi connectivity index (χ0) is 13.3. The third-order valence-electron chi connectivity index (χ3n) is 3.24. The SMILES string of the molecule is [CH]=CC#CCCCCCCCCCCCCC[CH2]. The quantitative estimate of drug-likeness (QED) is 0.298. The summed E-state index contributed by atoms with van der Waals surface area (Å²) in [5.41, 5.74) is 0. The van der Waals surface area contributed by atoms with Crippen LogP contribution in [0.2, 0.25) is 0 Å². The molecule has 0 rings (SSSR count). The molecule has 0 amide bonds. The van der Waals surface area contributed by atoms with Crippen LogP contribution in [0.5, 0.6) is 0 Å². The Bertz CT molecular complexity index is 216. The van der Waals surface area contributed by atoms with Gasteiger partial charge >= 0.3 is 0 Å². The van der Waals surface area contributed by atoms with E-state index in [1.165, 1.54) is 76.7 Å². The zero-order valence-corrected chi connectivity index (χ0v) is 12.1. The van der Waals surface area contributed by atoms with Crippen molar-refractivity contribution in [1.29, 1.82) is 0 Å². The first kappa shape index (κ1) is 17.3. The Hall–Kier alpha value is -0.700. The van der Waals surface area contributed by atoms with Gasteiger partial charge in [-0.25, -0.2) is 0 Å². The highest BCUT2D eigenvalue weighted by Gasteiger charge is 1.92. The van der Waals surface area contributed by atoms with Crippen molar-refractivity contribution in [3.05, 3.63) is 19.6 Å². The van der Waals surface area contributed by atoms with Crippen molar-refractivity contribution in [2.45, 2.75) is 83.5 Å². The van der Waals surface area contributed by atoms with Crippen LogP contribution in [0.3, 0.4) is 0 Å². The number of rotatable bonds is 12. The predicted molar refractivity (Wildman–Crippen MR) is 82.0 cm³/mol. The molecule has 0 atom stereocenters. The smallest absolute Gasteiger partial charge is 0.00922 e. The molecular weight excluding hydrogens is 216 g/mol. The fourth-order valence-electron chi connectivity index (χ4n) is 2.11. The molecule has 0 unspecified atom stereocenters. The van der Waals surface area contributed by atoms with Crippen molar-refractivity contribution >= 4 is 0 Å². The molecule has 0 heteroatoms. The lowest BCUT2D eigenvalue weighted by Gasteiger charge is -2.01. The van der Waals surface area contributed by atoms with Gasteiger partial charge in [0.05, 0.1) is 0 Å². The Morgan fingerprint density at radius 2 is 1.17 bits per heavy atom. The standard InChI is InChI=1S/C18H30/c1-3-5-7-9-11-13-15-17-18-16-14-12-10-8-6-4-2/h1,3H,2,4,6,8-18H2. The topological polar surface area (TPSA) is 0 Å². The van der Waals surface area contributed by atoms with Crippen LogP contribution >= 0.6 is 0 Å². The number of unbranched alkanes of at least 4 members (excludes halogenated alkanes) is 12. The van der Waals surface area contributed by atoms with E-state index in [4.69, 9.17) is 6.58 Å². The number of allylic oxidation sites excluding steroid dienone is 1. The van der Waals surface area contributed by atoms with Gasteiger partial charge in [0.1, 0.15) is 0 Å². The summed E-state index contributed by atoms with van der Waals surface area (Å²) in [7, 11) is 0. The highest BCUT2D eigenvalue weighted by Crippen LogP contribution is 2.12. The second-order valence-electron chi connectivity index (χ2n) is 4.98. The van der Waals surface area contributed by atoms with Gasteiger partial charge in [-0.3, -0.25) is 0 Å². The van der Waals surface area contributed by atoms with Crippen LogP contribution in [0.1, 0.15) is 83.5 Å². The van der Waals surface area contributed by atoms with Crippen molar-refractivity contribution in [2.24, 2.45) is 0 Å². The van der Waals surface area contributed by atoms with Crippen LogP contribution in [-0.2, 0) is 0 Å². The van der Waals surface area contributed by atoms with Gasteiger partial charge in [-0.2, -0.15) is 0 Å². The Balaban J connectivity index is 2.96. The molecule has 0 aliphatic heterocycles. The van der Waals surface area contributed by atoms with E-state index in [-0.39, 0.29) is 0 Å². The van der Waals surface area contributed by atoms with Gasteiger partial charge in [0.15, 0.2) is 0 Å². The maximum Gasteiger partial charge on any atom is 0.00922 e. The first-order valence-corrected chi connectivity index (χ1v) is 7.73. The molecule has 18 heavy (non-hydrogen) atoms. The molecule has 0 bridgehead atoms. The Morgan fingerprint density at radius 1 is 0.722 bits per heavy atom. The van der Waals surface area contributed by atoms with E-state index >= 15 is 0 Å². The highest BCUT2D eigenvalue weighted by molar-refractivity contribution is 5.10. The molecule has 0 nitrogen and oxygen atoms in total. The molecule has 0 saturated carbocycles. The van der Waals surface area contributed by atoms with E-state index in [0.29, 0.717) is 0 Å². The zero-order valence-electron chi connectivity index (χ0n) is 12.1. The molecule has 0 N–H and O–H groups in total. The van der Waals surface area contributed by atoms with Crippen LogP contribution in [0.15, 0.2) is 6.08 Å². The molecule has 0 aromatic carbocycles. The lowest BCUT2D eigenvalue weighted by atomic mass is 10.0. The molecule has 0 aromatic heterocycles. The van der Waals surface area contributed by atoms with Gasteiger partial charge in [0.25, 0.3) is 0 Å².